The monoisotopic (exact) mass is 384 g/mol. The highest BCUT2D eigenvalue weighted by Gasteiger charge is 2.18. The van der Waals surface area contributed by atoms with Gasteiger partial charge in [-0.25, -0.2) is 0 Å². The third-order valence-electron chi connectivity index (χ3n) is 5.02. The number of carbonyl (C=O) groups is 1. The molecule has 1 amide bonds. The van der Waals surface area contributed by atoms with Crippen molar-refractivity contribution in [2.75, 3.05) is 33.9 Å². The van der Waals surface area contributed by atoms with Gasteiger partial charge in [0.1, 0.15) is 11.5 Å². The maximum atomic E-state index is 12.6. The second kappa shape index (κ2) is 11.3. The highest BCUT2D eigenvalue weighted by molar-refractivity contribution is 5.79. The van der Waals surface area contributed by atoms with Crippen LogP contribution in [0.4, 0.5) is 0 Å². The van der Waals surface area contributed by atoms with Gasteiger partial charge in [0.25, 0.3) is 0 Å². The molecule has 0 aliphatic heterocycles. The van der Waals surface area contributed by atoms with E-state index in [1.807, 2.05) is 18.2 Å². The average Bonchev–Trinajstić information content (AvgIpc) is 2.73. The second-order valence-corrected chi connectivity index (χ2v) is 6.72. The van der Waals surface area contributed by atoms with E-state index in [2.05, 4.69) is 48.3 Å². The lowest BCUT2D eigenvalue weighted by Crippen LogP contribution is -2.45. The number of nitrogens with one attached hydrogen (secondary N) is 1. The van der Waals surface area contributed by atoms with E-state index in [9.17, 15) is 4.79 Å². The number of methoxy groups -OCH3 is 2. The molecule has 1 unspecified atom stereocenters. The molecular weight excluding hydrogens is 352 g/mol. The minimum absolute atomic E-state index is 0.00585. The van der Waals surface area contributed by atoms with E-state index in [0.717, 1.165) is 25.1 Å². The minimum atomic E-state index is -0.00585. The molecule has 0 spiro atoms. The zero-order valence-corrected chi connectivity index (χ0v) is 17.4. The molecule has 0 fully saturated rings. The number of amides is 1. The summed E-state index contributed by atoms with van der Waals surface area (Å²) in [6.07, 6.45) is 1.19. The Morgan fingerprint density at radius 3 is 2.36 bits per heavy atom. The molecule has 0 aliphatic carbocycles. The van der Waals surface area contributed by atoms with Crippen molar-refractivity contribution in [1.29, 1.82) is 0 Å². The molecule has 0 heterocycles. The average molecular weight is 385 g/mol. The molecule has 2 aromatic rings. The van der Waals surface area contributed by atoms with Crippen molar-refractivity contribution in [2.45, 2.75) is 32.7 Å². The van der Waals surface area contributed by atoms with Gasteiger partial charge in [0.05, 0.1) is 20.6 Å². The Morgan fingerprint density at radius 2 is 1.75 bits per heavy atom. The van der Waals surface area contributed by atoms with Crippen LogP contribution in [0.3, 0.4) is 0 Å². The van der Waals surface area contributed by atoms with E-state index in [0.29, 0.717) is 18.0 Å². The first kappa shape index (κ1) is 21.8. The molecule has 5 heteroatoms. The maximum Gasteiger partial charge on any atom is 0.224 e. The van der Waals surface area contributed by atoms with Crippen LogP contribution in [0, 0.1) is 0 Å². The third kappa shape index (κ3) is 6.27. The molecule has 5 nitrogen and oxygen atoms in total. The van der Waals surface area contributed by atoms with Crippen LogP contribution in [0.15, 0.2) is 48.5 Å². The second-order valence-electron chi connectivity index (χ2n) is 6.72. The molecule has 0 saturated heterocycles. The van der Waals surface area contributed by atoms with Gasteiger partial charge < -0.3 is 14.8 Å². The Morgan fingerprint density at radius 1 is 1.04 bits per heavy atom. The molecule has 28 heavy (non-hydrogen) atoms. The molecule has 1 atom stereocenters. The summed E-state index contributed by atoms with van der Waals surface area (Å²) in [5.41, 5.74) is 2.13. The van der Waals surface area contributed by atoms with Gasteiger partial charge in [0.2, 0.25) is 5.91 Å². The SMILES string of the molecule is CCN(CC)C(CNC(=O)Cc1ccc(OC)cc1OC)Cc1ccccc1. The first-order valence-corrected chi connectivity index (χ1v) is 9.86. The van der Waals surface area contributed by atoms with Crippen LogP contribution in [0.25, 0.3) is 0 Å². The third-order valence-corrected chi connectivity index (χ3v) is 5.02. The van der Waals surface area contributed by atoms with Gasteiger partial charge in [0, 0.05) is 24.2 Å². The molecule has 0 aliphatic rings. The Bertz CT molecular complexity index is 730. The Labute approximate surface area is 168 Å². The largest absolute Gasteiger partial charge is 0.497 e. The van der Waals surface area contributed by atoms with E-state index in [1.54, 1.807) is 20.3 Å². The van der Waals surface area contributed by atoms with Crippen molar-refractivity contribution >= 4 is 5.91 Å². The molecule has 0 aromatic heterocycles. The summed E-state index contributed by atoms with van der Waals surface area (Å²) in [6.45, 7) is 6.84. The first-order chi connectivity index (χ1) is 13.6. The van der Waals surface area contributed by atoms with Gasteiger partial charge in [-0.3, -0.25) is 9.69 Å². The minimum Gasteiger partial charge on any atom is -0.497 e. The van der Waals surface area contributed by atoms with Crippen LogP contribution >= 0.6 is 0 Å². The summed E-state index contributed by atoms with van der Waals surface area (Å²) in [7, 11) is 3.22. The van der Waals surface area contributed by atoms with Crippen LogP contribution in [-0.4, -0.2) is 50.7 Å². The normalized spacial score (nSPS) is 11.9. The number of ether oxygens (including phenoxy) is 2. The first-order valence-electron chi connectivity index (χ1n) is 9.86. The zero-order valence-electron chi connectivity index (χ0n) is 17.4. The lowest BCUT2D eigenvalue weighted by Gasteiger charge is -2.30. The lowest BCUT2D eigenvalue weighted by atomic mass is 10.0. The van der Waals surface area contributed by atoms with Crippen molar-refractivity contribution in [2.24, 2.45) is 0 Å². The fourth-order valence-electron chi connectivity index (χ4n) is 3.42. The topological polar surface area (TPSA) is 50.8 Å². The van der Waals surface area contributed by atoms with Crippen molar-refractivity contribution in [3.05, 3.63) is 59.7 Å². The summed E-state index contributed by atoms with van der Waals surface area (Å²) in [5.74, 6) is 1.37. The van der Waals surface area contributed by atoms with E-state index in [1.165, 1.54) is 5.56 Å². The van der Waals surface area contributed by atoms with Crippen LogP contribution in [0.5, 0.6) is 11.5 Å². The summed E-state index contributed by atoms with van der Waals surface area (Å²) in [5, 5.41) is 3.11. The Kier molecular flexibility index (Phi) is 8.82. The van der Waals surface area contributed by atoms with Gasteiger partial charge in [-0.05, 0) is 31.1 Å². The molecule has 152 valence electrons. The number of benzene rings is 2. The van der Waals surface area contributed by atoms with Crippen molar-refractivity contribution in [3.8, 4) is 11.5 Å². The summed E-state index contributed by atoms with van der Waals surface area (Å²) in [6, 6.07) is 16.2. The van der Waals surface area contributed by atoms with Gasteiger partial charge in [-0.1, -0.05) is 50.2 Å². The number of hydrogen-bond acceptors (Lipinski definition) is 4. The molecular formula is C23H32N2O3. The van der Waals surface area contributed by atoms with Gasteiger partial charge in [0.15, 0.2) is 0 Å². The zero-order chi connectivity index (χ0) is 20.4. The summed E-state index contributed by atoms with van der Waals surface area (Å²) in [4.78, 5) is 15.0. The van der Waals surface area contributed by atoms with Gasteiger partial charge >= 0.3 is 0 Å². The Hall–Kier alpha value is -2.53. The van der Waals surface area contributed by atoms with Gasteiger partial charge in [-0.2, -0.15) is 0 Å². The number of carbonyl (C=O) groups excluding carboxylic acids is 1. The van der Waals surface area contributed by atoms with Crippen LogP contribution < -0.4 is 14.8 Å². The number of hydrogen-bond donors (Lipinski definition) is 1. The quantitative estimate of drug-likeness (QED) is 0.646. The Balaban J connectivity index is 2.00. The summed E-state index contributed by atoms with van der Waals surface area (Å²) >= 11 is 0. The van der Waals surface area contributed by atoms with E-state index >= 15 is 0 Å². The molecule has 1 N–H and O–H groups in total. The fourth-order valence-corrected chi connectivity index (χ4v) is 3.42. The van der Waals surface area contributed by atoms with Crippen molar-refractivity contribution in [3.63, 3.8) is 0 Å². The standard InChI is InChI=1S/C23H32N2O3/c1-5-25(6-2)20(14-18-10-8-7-9-11-18)17-24-23(26)15-19-12-13-21(27-3)16-22(19)28-4/h7-13,16,20H,5-6,14-15,17H2,1-4H3,(H,24,26). The molecule has 0 radical (unpaired) electrons. The highest BCUT2D eigenvalue weighted by atomic mass is 16.5. The van der Waals surface area contributed by atoms with Gasteiger partial charge in [-0.15, -0.1) is 0 Å². The predicted octanol–water partition coefficient (Wildman–Crippen LogP) is 3.32. The summed E-state index contributed by atoms with van der Waals surface area (Å²) < 4.78 is 10.6. The predicted molar refractivity (Wildman–Crippen MR) is 113 cm³/mol. The van der Waals surface area contributed by atoms with Crippen LogP contribution in [-0.2, 0) is 17.6 Å². The fraction of sp³-hybridized carbons (Fsp3) is 0.435. The van der Waals surface area contributed by atoms with Crippen molar-refractivity contribution < 1.29 is 14.3 Å². The lowest BCUT2D eigenvalue weighted by molar-refractivity contribution is -0.120. The molecule has 2 rings (SSSR count). The smallest absolute Gasteiger partial charge is 0.224 e. The number of likely N-dealkylation sites (N-methyl/N-ethyl adjacent to an activating group) is 1. The van der Waals surface area contributed by atoms with E-state index in [-0.39, 0.29) is 18.4 Å². The maximum absolute atomic E-state index is 12.6. The van der Waals surface area contributed by atoms with E-state index < -0.39 is 0 Å². The van der Waals surface area contributed by atoms with E-state index in [4.69, 9.17) is 9.47 Å². The number of rotatable bonds is 11. The highest BCUT2D eigenvalue weighted by Crippen LogP contribution is 2.24. The molecule has 0 bridgehead atoms. The number of nitrogens with zero attached hydrogens (tertiary/aromatic N) is 1. The molecule has 0 saturated carbocycles. The van der Waals surface area contributed by atoms with Crippen LogP contribution in [0.2, 0.25) is 0 Å². The molecule has 2 aromatic carbocycles. The van der Waals surface area contributed by atoms with Crippen LogP contribution in [0.1, 0.15) is 25.0 Å². The van der Waals surface area contributed by atoms with Crippen molar-refractivity contribution in [1.82, 2.24) is 10.2 Å².